The third kappa shape index (κ3) is 3.46. The Balaban J connectivity index is 1.57. The Morgan fingerprint density at radius 1 is 1.38 bits per heavy atom. The molecular weight excluding hydrogens is 323 g/mol. The lowest BCUT2D eigenvalue weighted by Gasteiger charge is -2.33. The number of imidazole rings is 1. The Kier molecular flexibility index (Phi) is 4.64. The maximum absolute atomic E-state index is 12.8. The van der Waals surface area contributed by atoms with Crippen molar-refractivity contribution in [2.75, 3.05) is 13.1 Å². The number of rotatable bonds is 4. The number of aromatic nitrogens is 4. The van der Waals surface area contributed by atoms with Crippen molar-refractivity contribution >= 4 is 0 Å². The third-order valence-electron chi connectivity index (χ3n) is 4.64. The molecule has 1 saturated heterocycles. The van der Waals surface area contributed by atoms with Gasteiger partial charge in [-0.2, -0.15) is 18.3 Å². The van der Waals surface area contributed by atoms with E-state index in [1.807, 2.05) is 0 Å². The lowest BCUT2D eigenvalue weighted by molar-refractivity contribution is -0.141. The molecule has 1 aliphatic heterocycles. The van der Waals surface area contributed by atoms with E-state index in [0.717, 1.165) is 12.8 Å². The van der Waals surface area contributed by atoms with Gasteiger partial charge < -0.3 is 10.1 Å². The Morgan fingerprint density at radius 2 is 2.08 bits per heavy atom. The van der Waals surface area contributed by atoms with Gasteiger partial charge >= 0.3 is 6.18 Å². The van der Waals surface area contributed by atoms with Gasteiger partial charge in [0.15, 0.2) is 5.69 Å². The highest BCUT2D eigenvalue weighted by molar-refractivity contribution is 5.25. The Hall–Kier alpha value is -1.87. The normalized spacial score (nSPS) is 18.9. The van der Waals surface area contributed by atoms with Crippen molar-refractivity contribution in [1.82, 2.24) is 25.1 Å². The number of aliphatic hydroxyl groups excluding tert-OH is 1. The highest BCUT2D eigenvalue weighted by Crippen LogP contribution is 2.33. The van der Waals surface area contributed by atoms with Gasteiger partial charge in [-0.15, -0.1) is 0 Å². The van der Waals surface area contributed by atoms with Crippen molar-refractivity contribution in [1.29, 1.82) is 0 Å². The summed E-state index contributed by atoms with van der Waals surface area (Å²) in [5.41, 5.74) is -0.201. The van der Waals surface area contributed by atoms with Crippen molar-refractivity contribution in [2.45, 2.75) is 38.6 Å². The maximum Gasteiger partial charge on any atom is 0.435 e. The van der Waals surface area contributed by atoms with Crippen molar-refractivity contribution in [3.8, 4) is 0 Å². The lowest BCUT2D eigenvalue weighted by Crippen LogP contribution is -2.35. The number of likely N-dealkylation sites (tertiary alicyclic amines) is 1. The first-order valence-corrected chi connectivity index (χ1v) is 7.87. The molecule has 0 amide bonds. The monoisotopic (exact) mass is 343 g/mol. The molecule has 6 nitrogen and oxygen atoms in total. The molecule has 9 heteroatoms. The number of piperidine rings is 1. The van der Waals surface area contributed by atoms with E-state index >= 15 is 0 Å². The summed E-state index contributed by atoms with van der Waals surface area (Å²) in [5, 5.41) is 16.2. The van der Waals surface area contributed by atoms with Gasteiger partial charge in [-0.05, 0) is 38.8 Å². The van der Waals surface area contributed by atoms with Crippen molar-refractivity contribution in [3.05, 3.63) is 35.2 Å². The quantitative estimate of drug-likeness (QED) is 0.796. The fraction of sp³-hybridized carbons (Fsp3) is 0.600. The van der Waals surface area contributed by atoms with Gasteiger partial charge in [0.25, 0.3) is 0 Å². The molecule has 0 spiro atoms. The first-order chi connectivity index (χ1) is 11.4. The SMILES string of the molecule is Cc1c(C(F)(F)F)n[nH]c1CN1CCC(C(O)c2ncc[nH]2)CC1. The van der Waals surface area contributed by atoms with E-state index in [1.165, 1.54) is 6.92 Å². The predicted octanol–water partition coefficient (Wildman–Crippen LogP) is 2.41. The van der Waals surface area contributed by atoms with Crippen LogP contribution in [0, 0.1) is 12.8 Å². The number of aliphatic hydroxyl groups is 1. The van der Waals surface area contributed by atoms with Crippen molar-refractivity contribution in [3.63, 3.8) is 0 Å². The summed E-state index contributed by atoms with van der Waals surface area (Å²) in [6.07, 6.45) is -0.255. The molecule has 1 fully saturated rings. The minimum absolute atomic E-state index is 0.0981. The lowest BCUT2D eigenvalue weighted by atomic mass is 9.90. The number of aromatic amines is 2. The molecule has 3 heterocycles. The molecule has 0 saturated carbocycles. The van der Waals surface area contributed by atoms with Gasteiger partial charge in [0.05, 0.1) is 5.69 Å². The number of alkyl halides is 3. The zero-order valence-corrected chi connectivity index (χ0v) is 13.3. The van der Waals surface area contributed by atoms with Crippen LogP contribution in [0.5, 0.6) is 0 Å². The molecule has 1 atom stereocenters. The number of nitrogens with zero attached hydrogens (tertiary/aromatic N) is 3. The number of hydrogen-bond acceptors (Lipinski definition) is 4. The van der Waals surface area contributed by atoms with E-state index in [4.69, 9.17) is 0 Å². The molecule has 1 aliphatic rings. The molecule has 2 aromatic rings. The highest BCUT2D eigenvalue weighted by Gasteiger charge is 2.37. The highest BCUT2D eigenvalue weighted by atomic mass is 19.4. The van der Waals surface area contributed by atoms with Gasteiger partial charge in [0, 0.05) is 24.5 Å². The summed E-state index contributed by atoms with van der Waals surface area (Å²) in [7, 11) is 0. The van der Waals surface area contributed by atoms with Crippen LogP contribution in [0.1, 0.15) is 41.7 Å². The van der Waals surface area contributed by atoms with Crippen LogP contribution in [0.25, 0.3) is 0 Å². The molecule has 132 valence electrons. The minimum Gasteiger partial charge on any atom is -0.385 e. The molecule has 24 heavy (non-hydrogen) atoms. The fourth-order valence-electron chi connectivity index (χ4n) is 3.18. The predicted molar refractivity (Wildman–Crippen MR) is 79.9 cm³/mol. The Morgan fingerprint density at radius 3 is 2.62 bits per heavy atom. The number of nitrogens with one attached hydrogen (secondary N) is 2. The maximum atomic E-state index is 12.8. The molecule has 0 radical (unpaired) electrons. The molecular formula is C15H20F3N5O. The second-order valence-corrected chi connectivity index (χ2v) is 6.21. The Labute approximate surface area is 137 Å². The summed E-state index contributed by atoms with van der Waals surface area (Å²) < 4.78 is 38.3. The van der Waals surface area contributed by atoms with E-state index in [9.17, 15) is 18.3 Å². The first-order valence-electron chi connectivity index (χ1n) is 7.87. The van der Waals surface area contributed by atoms with Gasteiger partial charge in [0.1, 0.15) is 11.9 Å². The fourth-order valence-corrected chi connectivity index (χ4v) is 3.18. The number of H-pyrrole nitrogens is 2. The zero-order valence-electron chi connectivity index (χ0n) is 13.3. The molecule has 2 aromatic heterocycles. The van der Waals surface area contributed by atoms with Crippen LogP contribution in [-0.4, -0.2) is 43.3 Å². The molecule has 0 aliphatic carbocycles. The van der Waals surface area contributed by atoms with Crippen LogP contribution in [0.3, 0.4) is 0 Å². The van der Waals surface area contributed by atoms with Gasteiger partial charge in [-0.25, -0.2) is 4.98 Å². The molecule has 3 rings (SSSR count). The molecule has 0 aromatic carbocycles. The van der Waals surface area contributed by atoms with Crippen LogP contribution in [0.15, 0.2) is 12.4 Å². The summed E-state index contributed by atoms with van der Waals surface area (Å²) in [6.45, 7) is 3.26. The van der Waals surface area contributed by atoms with E-state index in [0.29, 0.717) is 31.2 Å². The van der Waals surface area contributed by atoms with Gasteiger partial charge in [-0.1, -0.05) is 0 Å². The minimum atomic E-state index is -4.43. The second kappa shape index (κ2) is 6.56. The van der Waals surface area contributed by atoms with Crippen LogP contribution < -0.4 is 0 Å². The van der Waals surface area contributed by atoms with E-state index in [1.54, 1.807) is 12.4 Å². The second-order valence-electron chi connectivity index (χ2n) is 6.21. The van der Waals surface area contributed by atoms with Crippen LogP contribution in [0.4, 0.5) is 13.2 Å². The average Bonchev–Trinajstić information content (AvgIpc) is 3.18. The van der Waals surface area contributed by atoms with E-state index in [-0.39, 0.29) is 11.5 Å². The van der Waals surface area contributed by atoms with Gasteiger partial charge in [-0.3, -0.25) is 10.00 Å². The Bertz CT molecular complexity index is 659. The molecule has 1 unspecified atom stereocenters. The smallest absolute Gasteiger partial charge is 0.385 e. The van der Waals surface area contributed by atoms with Crippen LogP contribution >= 0.6 is 0 Å². The topological polar surface area (TPSA) is 80.8 Å². The standard InChI is InChI=1S/C15H20F3N5O/c1-9-11(21-22-13(9)15(16,17)18)8-23-6-2-10(3-7-23)12(24)14-19-4-5-20-14/h4-5,10,12,24H,2-3,6-8H2,1H3,(H,19,20)(H,21,22). The van der Waals surface area contributed by atoms with Crippen molar-refractivity contribution < 1.29 is 18.3 Å². The summed E-state index contributed by atoms with van der Waals surface area (Å²) in [6, 6.07) is 0. The van der Waals surface area contributed by atoms with E-state index in [2.05, 4.69) is 25.1 Å². The average molecular weight is 343 g/mol. The van der Waals surface area contributed by atoms with E-state index < -0.39 is 18.0 Å². The largest absolute Gasteiger partial charge is 0.435 e. The third-order valence-corrected chi connectivity index (χ3v) is 4.64. The summed E-state index contributed by atoms with van der Waals surface area (Å²) >= 11 is 0. The number of halogens is 3. The van der Waals surface area contributed by atoms with Crippen LogP contribution in [0.2, 0.25) is 0 Å². The number of hydrogen-bond donors (Lipinski definition) is 3. The van der Waals surface area contributed by atoms with Gasteiger partial charge in [0.2, 0.25) is 0 Å². The van der Waals surface area contributed by atoms with Crippen LogP contribution in [-0.2, 0) is 12.7 Å². The first kappa shape index (κ1) is 17.0. The molecule has 3 N–H and O–H groups in total. The summed E-state index contributed by atoms with van der Waals surface area (Å²) in [4.78, 5) is 9.07. The zero-order chi connectivity index (χ0) is 17.3. The summed E-state index contributed by atoms with van der Waals surface area (Å²) in [5.74, 6) is 0.661. The van der Waals surface area contributed by atoms with Crippen molar-refractivity contribution in [2.24, 2.45) is 5.92 Å². The molecule has 0 bridgehead atoms.